The third kappa shape index (κ3) is 3.34. The van der Waals surface area contributed by atoms with Crippen molar-refractivity contribution in [2.24, 2.45) is 0 Å². The van der Waals surface area contributed by atoms with Crippen LogP contribution in [0.2, 0.25) is 0 Å². The van der Waals surface area contributed by atoms with Gasteiger partial charge in [-0.1, -0.05) is 24.3 Å². The van der Waals surface area contributed by atoms with Gasteiger partial charge in [0.1, 0.15) is 11.3 Å². The molecule has 0 amide bonds. The van der Waals surface area contributed by atoms with E-state index in [1.54, 1.807) is 7.11 Å². The molecule has 2 aromatic carbocycles. The molecule has 1 saturated heterocycles. The van der Waals surface area contributed by atoms with Crippen LogP contribution in [-0.4, -0.2) is 47.9 Å². The summed E-state index contributed by atoms with van der Waals surface area (Å²) in [4.78, 5) is 9.48. The molecular weight excluding hydrogens is 374 g/mol. The summed E-state index contributed by atoms with van der Waals surface area (Å²) in [6, 6.07) is 18.8. The molecule has 0 radical (unpaired) electrons. The highest BCUT2D eigenvalue weighted by Crippen LogP contribution is 2.28. The lowest BCUT2D eigenvalue weighted by atomic mass is 10.1. The highest BCUT2D eigenvalue weighted by atomic mass is 16.5. The minimum absolute atomic E-state index is 0.887. The first-order valence-electron chi connectivity index (χ1n) is 10.3. The van der Waals surface area contributed by atoms with Gasteiger partial charge in [0.25, 0.3) is 0 Å². The van der Waals surface area contributed by atoms with E-state index in [0.717, 1.165) is 54.5 Å². The number of hydrogen-bond acceptors (Lipinski definition) is 5. The van der Waals surface area contributed by atoms with Crippen LogP contribution in [0.15, 0.2) is 67.0 Å². The van der Waals surface area contributed by atoms with Crippen molar-refractivity contribution in [3.8, 4) is 17.0 Å². The van der Waals surface area contributed by atoms with E-state index in [0.29, 0.717) is 0 Å². The smallest absolute Gasteiger partial charge is 0.154 e. The molecule has 30 heavy (non-hydrogen) atoms. The normalized spacial score (nSPS) is 14.3. The van der Waals surface area contributed by atoms with Gasteiger partial charge in [0.05, 0.1) is 12.8 Å². The van der Waals surface area contributed by atoms with Crippen molar-refractivity contribution in [2.75, 3.05) is 43.1 Å². The zero-order chi connectivity index (χ0) is 20.5. The summed E-state index contributed by atoms with van der Waals surface area (Å²) in [6.45, 7) is 5.87. The summed E-state index contributed by atoms with van der Waals surface area (Å²) < 4.78 is 7.21. The van der Waals surface area contributed by atoms with Crippen LogP contribution in [0.25, 0.3) is 16.8 Å². The summed E-state index contributed by atoms with van der Waals surface area (Å²) in [5.41, 5.74) is 5.65. The Kier molecular flexibility index (Phi) is 4.75. The van der Waals surface area contributed by atoms with Gasteiger partial charge in [0.15, 0.2) is 5.82 Å². The summed E-state index contributed by atoms with van der Waals surface area (Å²) in [7, 11) is 1.70. The molecule has 152 valence electrons. The van der Waals surface area contributed by atoms with E-state index >= 15 is 0 Å². The number of fused-ring (bicyclic) bond motifs is 1. The van der Waals surface area contributed by atoms with Crippen LogP contribution in [0.3, 0.4) is 0 Å². The van der Waals surface area contributed by atoms with Crippen molar-refractivity contribution in [1.29, 1.82) is 0 Å². The Morgan fingerprint density at radius 1 is 0.900 bits per heavy atom. The zero-order valence-corrected chi connectivity index (χ0v) is 17.3. The second kappa shape index (κ2) is 7.71. The van der Waals surface area contributed by atoms with E-state index in [-0.39, 0.29) is 0 Å². The molecular formula is C24H25N5O. The predicted molar refractivity (Wildman–Crippen MR) is 121 cm³/mol. The van der Waals surface area contributed by atoms with E-state index < -0.39 is 0 Å². The van der Waals surface area contributed by atoms with Gasteiger partial charge in [-0.25, -0.2) is 9.50 Å². The average Bonchev–Trinajstić information content (AvgIpc) is 3.24. The maximum Gasteiger partial charge on any atom is 0.154 e. The number of piperazine rings is 1. The van der Waals surface area contributed by atoms with Gasteiger partial charge in [-0.05, 0) is 42.8 Å². The number of hydrogen-bond donors (Lipinski definition) is 0. The zero-order valence-electron chi connectivity index (χ0n) is 17.3. The molecule has 5 rings (SSSR count). The number of anilines is 2. The Hall–Kier alpha value is -3.54. The van der Waals surface area contributed by atoms with E-state index in [1.807, 2.05) is 29.0 Å². The predicted octanol–water partition coefficient (Wildman–Crippen LogP) is 4.04. The minimum Gasteiger partial charge on any atom is -0.497 e. The average molecular weight is 399 g/mol. The van der Waals surface area contributed by atoms with Gasteiger partial charge < -0.3 is 14.5 Å². The Balaban J connectivity index is 1.38. The molecule has 0 spiro atoms. The van der Waals surface area contributed by atoms with Crippen LogP contribution in [0.5, 0.6) is 5.75 Å². The van der Waals surface area contributed by atoms with Crippen LogP contribution in [0, 0.1) is 6.92 Å². The standard InChI is InChI=1S/C24H25N5O/c1-18-5-3-4-6-21(18)22-17-23-24(25-11-12-29(23)26-22)28-15-13-27(14-16-28)19-7-9-20(30-2)10-8-19/h3-12,17H,13-16H2,1-2H3. The topological polar surface area (TPSA) is 45.9 Å². The van der Waals surface area contributed by atoms with E-state index in [1.165, 1.54) is 11.3 Å². The molecule has 4 aromatic rings. The molecule has 1 aliphatic heterocycles. The molecule has 1 aliphatic rings. The summed E-state index contributed by atoms with van der Waals surface area (Å²) >= 11 is 0. The Morgan fingerprint density at radius 2 is 1.63 bits per heavy atom. The summed E-state index contributed by atoms with van der Waals surface area (Å²) in [6.07, 6.45) is 3.76. The van der Waals surface area contributed by atoms with Gasteiger partial charge >= 0.3 is 0 Å². The monoisotopic (exact) mass is 399 g/mol. The van der Waals surface area contributed by atoms with Crippen LogP contribution >= 0.6 is 0 Å². The van der Waals surface area contributed by atoms with Crippen molar-refractivity contribution < 1.29 is 4.74 Å². The van der Waals surface area contributed by atoms with E-state index in [9.17, 15) is 0 Å². The summed E-state index contributed by atoms with van der Waals surface area (Å²) in [5, 5.41) is 4.81. The fraction of sp³-hybridized carbons (Fsp3) is 0.250. The third-order valence-electron chi connectivity index (χ3n) is 5.81. The van der Waals surface area contributed by atoms with Crippen molar-refractivity contribution in [3.05, 3.63) is 72.6 Å². The molecule has 0 N–H and O–H groups in total. The lowest BCUT2D eigenvalue weighted by Crippen LogP contribution is -2.47. The van der Waals surface area contributed by atoms with Crippen molar-refractivity contribution in [1.82, 2.24) is 14.6 Å². The largest absolute Gasteiger partial charge is 0.497 e. The first-order valence-corrected chi connectivity index (χ1v) is 10.3. The van der Waals surface area contributed by atoms with Gasteiger partial charge in [0.2, 0.25) is 0 Å². The molecule has 0 unspecified atom stereocenters. The first kappa shape index (κ1) is 18.5. The maximum atomic E-state index is 5.27. The Labute approximate surface area is 176 Å². The molecule has 0 atom stereocenters. The fourth-order valence-electron chi connectivity index (χ4n) is 4.11. The highest BCUT2D eigenvalue weighted by molar-refractivity contribution is 5.76. The number of rotatable bonds is 4. The number of aryl methyl sites for hydroxylation is 1. The van der Waals surface area contributed by atoms with Gasteiger partial charge in [-0.15, -0.1) is 0 Å². The van der Waals surface area contributed by atoms with Crippen molar-refractivity contribution >= 4 is 17.0 Å². The number of aromatic nitrogens is 3. The quantitative estimate of drug-likeness (QED) is 0.518. The molecule has 6 nitrogen and oxygen atoms in total. The minimum atomic E-state index is 0.887. The molecule has 6 heteroatoms. The number of methoxy groups -OCH3 is 1. The van der Waals surface area contributed by atoms with Crippen LogP contribution in [0.1, 0.15) is 5.56 Å². The van der Waals surface area contributed by atoms with Crippen LogP contribution in [0.4, 0.5) is 11.5 Å². The fourth-order valence-corrected chi connectivity index (χ4v) is 4.11. The molecule has 0 aliphatic carbocycles. The van der Waals surface area contributed by atoms with E-state index in [2.05, 4.69) is 59.2 Å². The third-order valence-corrected chi connectivity index (χ3v) is 5.81. The molecule has 3 heterocycles. The second-order valence-electron chi connectivity index (χ2n) is 7.60. The Bertz CT molecular complexity index is 1160. The highest BCUT2D eigenvalue weighted by Gasteiger charge is 2.21. The van der Waals surface area contributed by atoms with E-state index in [4.69, 9.17) is 14.8 Å². The SMILES string of the molecule is COc1ccc(N2CCN(c3nccn4nc(-c5ccccc5C)cc34)CC2)cc1. The molecule has 1 fully saturated rings. The summed E-state index contributed by atoms with van der Waals surface area (Å²) in [5.74, 6) is 1.89. The van der Waals surface area contributed by atoms with Gasteiger partial charge in [-0.2, -0.15) is 5.10 Å². The Morgan fingerprint density at radius 3 is 2.37 bits per heavy atom. The van der Waals surface area contributed by atoms with Crippen molar-refractivity contribution in [2.45, 2.75) is 6.92 Å². The molecule has 0 bridgehead atoms. The van der Waals surface area contributed by atoms with Crippen LogP contribution < -0.4 is 14.5 Å². The number of nitrogens with zero attached hydrogens (tertiary/aromatic N) is 5. The second-order valence-corrected chi connectivity index (χ2v) is 7.60. The first-order chi connectivity index (χ1) is 14.7. The van der Waals surface area contributed by atoms with Crippen LogP contribution in [-0.2, 0) is 0 Å². The van der Waals surface area contributed by atoms with Crippen molar-refractivity contribution in [3.63, 3.8) is 0 Å². The van der Waals surface area contributed by atoms with Gasteiger partial charge in [-0.3, -0.25) is 0 Å². The number of benzene rings is 2. The maximum absolute atomic E-state index is 5.27. The lowest BCUT2D eigenvalue weighted by molar-refractivity contribution is 0.415. The molecule has 2 aromatic heterocycles. The molecule has 0 saturated carbocycles. The lowest BCUT2D eigenvalue weighted by Gasteiger charge is -2.36. The van der Waals surface area contributed by atoms with Gasteiger partial charge in [0, 0.05) is 49.8 Å². The number of ether oxygens (including phenoxy) is 1.